The molecular weight excluding hydrogens is 256 g/mol. The van der Waals surface area contributed by atoms with Gasteiger partial charge in [-0.25, -0.2) is 4.39 Å². The SMILES string of the molecule is NCCCc1cc(Cl)c(F)c(Br)c1. The third-order valence-corrected chi connectivity index (χ3v) is 2.57. The Morgan fingerprint density at radius 2 is 2.15 bits per heavy atom. The van der Waals surface area contributed by atoms with Crippen LogP contribution in [0.2, 0.25) is 5.02 Å². The molecule has 0 aromatic heterocycles. The van der Waals surface area contributed by atoms with E-state index in [1.54, 1.807) is 12.1 Å². The van der Waals surface area contributed by atoms with E-state index in [2.05, 4.69) is 15.9 Å². The summed E-state index contributed by atoms with van der Waals surface area (Å²) in [5.41, 5.74) is 6.37. The molecule has 0 aliphatic rings. The molecule has 0 heterocycles. The van der Waals surface area contributed by atoms with Gasteiger partial charge in [-0.05, 0) is 53.0 Å². The van der Waals surface area contributed by atoms with E-state index in [0.29, 0.717) is 11.0 Å². The van der Waals surface area contributed by atoms with Crippen LogP contribution in [-0.2, 0) is 6.42 Å². The summed E-state index contributed by atoms with van der Waals surface area (Å²) in [4.78, 5) is 0. The summed E-state index contributed by atoms with van der Waals surface area (Å²) in [7, 11) is 0. The van der Waals surface area contributed by atoms with Crippen LogP contribution in [0.4, 0.5) is 4.39 Å². The molecule has 1 aromatic rings. The van der Waals surface area contributed by atoms with Crippen LogP contribution in [0.15, 0.2) is 16.6 Å². The van der Waals surface area contributed by atoms with Gasteiger partial charge in [0.15, 0.2) is 5.82 Å². The van der Waals surface area contributed by atoms with Crippen molar-refractivity contribution >= 4 is 27.5 Å². The van der Waals surface area contributed by atoms with Crippen molar-refractivity contribution < 1.29 is 4.39 Å². The Morgan fingerprint density at radius 1 is 1.46 bits per heavy atom. The lowest BCUT2D eigenvalue weighted by atomic mass is 10.1. The highest BCUT2D eigenvalue weighted by Gasteiger charge is 2.06. The van der Waals surface area contributed by atoms with Crippen LogP contribution in [0.1, 0.15) is 12.0 Å². The highest BCUT2D eigenvalue weighted by Crippen LogP contribution is 2.25. The molecule has 0 aliphatic carbocycles. The van der Waals surface area contributed by atoms with Gasteiger partial charge in [-0.15, -0.1) is 0 Å². The third kappa shape index (κ3) is 2.93. The summed E-state index contributed by atoms with van der Waals surface area (Å²) in [6.07, 6.45) is 1.71. The topological polar surface area (TPSA) is 26.0 Å². The van der Waals surface area contributed by atoms with Crippen molar-refractivity contribution in [2.24, 2.45) is 5.73 Å². The fourth-order valence-electron chi connectivity index (χ4n) is 1.06. The quantitative estimate of drug-likeness (QED) is 0.836. The van der Waals surface area contributed by atoms with Crippen LogP contribution in [0.25, 0.3) is 0 Å². The average Bonchev–Trinajstić information content (AvgIpc) is 2.10. The molecule has 0 atom stereocenters. The maximum Gasteiger partial charge on any atom is 0.155 e. The lowest BCUT2D eigenvalue weighted by Gasteiger charge is -2.03. The van der Waals surface area contributed by atoms with Gasteiger partial charge in [-0.1, -0.05) is 11.6 Å². The molecule has 0 saturated heterocycles. The van der Waals surface area contributed by atoms with Gasteiger partial charge in [0, 0.05) is 0 Å². The molecule has 0 radical (unpaired) electrons. The van der Waals surface area contributed by atoms with Crippen LogP contribution in [0, 0.1) is 5.82 Å². The molecule has 0 spiro atoms. The molecule has 1 rings (SSSR count). The minimum atomic E-state index is -0.404. The summed E-state index contributed by atoms with van der Waals surface area (Å²) in [6, 6.07) is 3.37. The first kappa shape index (κ1) is 11.0. The maximum absolute atomic E-state index is 13.0. The number of nitrogens with two attached hydrogens (primary N) is 1. The van der Waals surface area contributed by atoms with Gasteiger partial charge in [0.1, 0.15) is 0 Å². The summed E-state index contributed by atoms with van der Waals surface area (Å²) < 4.78 is 13.4. The summed E-state index contributed by atoms with van der Waals surface area (Å²) in [5.74, 6) is -0.404. The molecule has 72 valence electrons. The van der Waals surface area contributed by atoms with E-state index in [9.17, 15) is 4.39 Å². The fraction of sp³-hybridized carbons (Fsp3) is 0.333. The predicted molar refractivity (Wildman–Crippen MR) is 56.5 cm³/mol. The Kier molecular flexibility index (Phi) is 4.16. The van der Waals surface area contributed by atoms with Crippen molar-refractivity contribution in [2.45, 2.75) is 12.8 Å². The first-order valence-electron chi connectivity index (χ1n) is 3.98. The number of hydrogen-bond acceptors (Lipinski definition) is 1. The van der Waals surface area contributed by atoms with E-state index in [1.807, 2.05) is 0 Å². The van der Waals surface area contributed by atoms with E-state index in [0.717, 1.165) is 18.4 Å². The van der Waals surface area contributed by atoms with Crippen molar-refractivity contribution in [1.29, 1.82) is 0 Å². The standard InChI is InChI=1S/C9H10BrClFN/c10-7-4-6(2-1-3-13)5-8(11)9(7)12/h4-5H,1-3,13H2. The number of halogens is 3. The Bertz CT molecular complexity index is 281. The van der Waals surface area contributed by atoms with Crippen molar-refractivity contribution in [1.82, 2.24) is 0 Å². The van der Waals surface area contributed by atoms with Gasteiger partial charge in [0.05, 0.1) is 9.50 Å². The summed E-state index contributed by atoms with van der Waals surface area (Å²) in [6.45, 7) is 0.632. The Morgan fingerprint density at radius 3 is 2.69 bits per heavy atom. The van der Waals surface area contributed by atoms with E-state index in [-0.39, 0.29) is 5.02 Å². The van der Waals surface area contributed by atoms with Crippen LogP contribution in [0.5, 0.6) is 0 Å². The second-order valence-corrected chi connectivity index (χ2v) is 4.03. The zero-order valence-electron chi connectivity index (χ0n) is 6.99. The first-order valence-corrected chi connectivity index (χ1v) is 5.15. The van der Waals surface area contributed by atoms with Crippen LogP contribution >= 0.6 is 27.5 Å². The summed E-state index contributed by atoms with van der Waals surface area (Å²) >= 11 is 8.76. The predicted octanol–water partition coefficient (Wildman–Crippen LogP) is 3.13. The molecule has 0 bridgehead atoms. The number of benzene rings is 1. The van der Waals surface area contributed by atoms with Gasteiger partial charge in [0.2, 0.25) is 0 Å². The Hall–Kier alpha value is -0.120. The minimum Gasteiger partial charge on any atom is -0.330 e. The summed E-state index contributed by atoms with van der Waals surface area (Å²) in [5, 5.41) is 0.154. The van der Waals surface area contributed by atoms with Gasteiger partial charge in [-0.3, -0.25) is 0 Å². The van der Waals surface area contributed by atoms with Gasteiger partial charge in [-0.2, -0.15) is 0 Å². The van der Waals surface area contributed by atoms with E-state index >= 15 is 0 Å². The zero-order chi connectivity index (χ0) is 9.84. The van der Waals surface area contributed by atoms with Crippen LogP contribution in [0.3, 0.4) is 0 Å². The second-order valence-electron chi connectivity index (χ2n) is 2.77. The van der Waals surface area contributed by atoms with Crippen molar-refractivity contribution in [3.8, 4) is 0 Å². The second kappa shape index (κ2) is 4.94. The third-order valence-electron chi connectivity index (χ3n) is 1.71. The molecule has 13 heavy (non-hydrogen) atoms. The number of aryl methyl sites for hydroxylation is 1. The molecule has 0 unspecified atom stereocenters. The minimum absolute atomic E-state index is 0.154. The van der Waals surface area contributed by atoms with Crippen molar-refractivity contribution in [3.63, 3.8) is 0 Å². The van der Waals surface area contributed by atoms with Crippen LogP contribution < -0.4 is 5.73 Å². The average molecular weight is 267 g/mol. The monoisotopic (exact) mass is 265 g/mol. The zero-order valence-corrected chi connectivity index (χ0v) is 9.33. The normalized spacial score (nSPS) is 10.5. The smallest absolute Gasteiger partial charge is 0.155 e. The Labute approximate surface area is 90.2 Å². The molecule has 0 amide bonds. The molecule has 1 nitrogen and oxygen atoms in total. The molecule has 4 heteroatoms. The molecular formula is C9H10BrClFN. The van der Waals surface area contributed by atoms with Gasteiger partial charge in [0.25, 0.3) is 0 Å². The Balaban J connectivity index is 2.86. The molecule has 0 fully saturated rings. The van der Waals surface area contributed by atoms with Gasteiger partial charge < -0.3 is 5.73 Å². The molecule has 0 saturated carbocycles. The fourth-order valence-corrected chi connectivity index (χ4v) is 1.92. The van der Waals surface area contributed by atoms with Crippen molar-refractivity contribution in [3.05, 3.63) is 33.0 Å². The molecule has 1 aromatic carbocycles. The maximum atomic E-state index is 13.0. The van der Waals surface area contributed by atoms with E-state index < -0.39 is 5.82 Å². The molecule has 2 N–H and O–H groups in total. The lowest BCUT2D eigenvalue weighted by molar-refractivity contribution is 0.620. The lowest BCUT2D eigenvalue weighted by Crippen LogP contribution is -2.00. The van der Waals surface area contributed by atoms with Crippen molar-refractivity contribution in [2.75, 3.05) is 6.54 Å². The van der Waals surface area contributed by atoms with E-state index in [1.165, 1.54) is 0 Å². The molecule has 0 aliphatic heterocycles. The van der Waals surface area contributed by atoms with Crippen LogP contribution in [-0.4, -0.2) is 6.54 Å². The first-order chi connectivity index (χ1) is 6.15. The van der Waals surface area contributed by atoms with E-state index in [4.69, 9.17) is 17.3 Å². The highest BCUT2D eigenvalue weighted by molar-refractivity contribution is 9.10. The van der Waals surface area contributed by atoms with Gasteiger partial charge >= 0.3 is 0 Å². The number of rotatable bonds is 3. The largest absolute Gasteiger partial charge is 0.330 e. The highest BCUT2D eigenvalue weighted by atomic mass is 79.9. The number of hydrogen-bond donors (Lipinski definition) is 1.